The van der Waals surface area contributed by atoms with E-state index in [9.17, 15) is 9.90 Å². The zero-order valence-electron chi connectivity index (χ0n) is 14.7. The lowest BCUT2D eigenvalue weighted by molar-refractivity contribution is 0.0990. The predicted octanol–water partition coefficient (Wildman–Crippen LogP) is 6.01. The first-order chi connectivity index (χ1) is 12.9. The molecule has 3 aromatic carbocycles. The van der Waals surface area contributed by atoms with Gasteiger partial charge in [-0.1, -0.05) is 59.1 Å². The number of phenols is 1. The minimum absolute atomic E-state index is 0.105. The molecule has 0 atom stereocenters. The molecule has 0 fully saturated rings. The average Bonchev–Trinajstić information content (AvgIpc) is 2.63. The van der Waals surface area contributed by atoms with Crippen LogP contribution < -0.4 is 4.74 Å². The van der Waals surface area contributed by atoms with E-state index in [1.165, 1.54) is 6.07 Å². The molecule has 0 bridgehead atoms. The van der Waals surface area contributed by atoms with Crippen LogP contribution in [0.5, 0.6) is 11.5 Å². The van der Waals surface area contributed by atoms with Crippen LogP contribution >= 0.6 is 23.2 Å². The van der Waals surface area contributed by atoms with Crippen molar-refractivity contribution in [2.75, 3.05) is 0 Å². The number of halogens is 2. The molecule has 0 amide bonds. The fourth-order valence-electron chi connectivity index (χ4n) is 2.62. The maximum atomic E-state index is 12.5. The number of carbonyl (C=O) groups is 1. The molecule has 0 aliphatic carbocycles. The number of carbonyl (C=O) groups excluding carboxylic acids is 1. The molecule has 0 saturated carbocycles. The van der Waals surface area contributed by atoms with Crippen LogP contribution in [0, 0.1) is 6.92 Å². The summed E-state index contributed by atoms with van der Waals surface area (Å²) in [5.41, 5.74) is 3.09. The molecule has 5 heteroatoms. The number of ketones is 1. The summed E-state index contributed by atoms with van der Waals surface area (Å²) in [5.74, 6) is 0.195. The molecule has 0 unspecified atom stereocenters. The first kappa shape index (κ1) is 19.3. The third-order valence-corrected chi connectivity index (χ3v) is 4.75. The summed E-state index contributed by atoms with van der Waals surface area (Å²) in [6, 6.07) is 17.6. The topological polar surface area (TPSA) is 46.5 Å². The second kappa shape index (κ2) is 8.47. The fraction of sp³-hybridized carbons (Fsp3) is 0.136. The first-order valence-corrected chi connectivity index (χ1v) is 9.16. The third-order valence-electron chi connectivity index (χ3n) is 4.16. The van der Waals surface area contributed by atoms with E-state index < -0.39 is 0 Å². The fourth-order valence-corrected chi connectivity index (χ4v) is 3.09. The number of phenolic OH excluding ortho intramolecular Hbond substituents is 1. The molecular weight excluding hydrogens is 383 g/mol. The van der Waals surface area contributed by atoms with Gasteiger partial charge in [0.05, 0.1) is 5.56 Å². The quantitative estimate of drug-likeness (QED) is 0.515. The average molecular weight is 401 g/mol. The Morgan fingerprint density at radius 2 is 1.74 bits per heavy atom. The Morgan fingerprint density at radius 3 is 2.41 bits per heavy atom. The molecule has 138 valence electrons. The van der Waals surface area contributed by atoms with Gasteiger partial charge < -0.3 is 9.84 Å². The van der Waals surface area contributed by atoms with E-state index in [2.05, 4.69) is 0 Å². The SMILES string of the molecule is Cc1ccc(CC(=O)c2ccc(OCc3ccc(Cl)cc3Cl)cc2O)cc1. The Labute approximate surface area is 168 Å². The molecule has 1 N–H and O–H groups in total. The minimum Gasteiger partial charge on any atom is -0.507 e. The van der Waals surface area contributed by atoms with E-state index in [-0.39, 0.29) is 30.1 Å². The summed E-state index contributed by atoms with van der Waals surface area (Å²) < 4.78 is 5.66. The van der Waals surface area contributed by atoms with Gasteiger partial charge in [0.1, 0.15) is 18.1 Å². The van der Waals surface area contributed by atoms with Gasteiger partial charge >= 0.3 is 0 Å². The molecule has 3 aromatic rings. The second-order valence-corrected chi connectivity index (χ2v) is 7.13. The summed E-state index contributed by atoms with van der Waals surface area (Å²) in [5, 5.41) is 11.3. The van der Waals surface area contributed by atoms with E-state index in [4.69, 9.17) is 27.9 Å². The zero-order valence-corrected chi connectivity index (χ0v) is 16.2. The standard InChI is InChI=1S/C22H18Cl2O3/c1-14-2-4-15(5-3-14)10-21(25)19-9-8-18(12-22(19)26)27-13-16-6-7-17(23)11-20(16)24/h2-9,11-12,26H,10,13H2,1H3. The van der Waals surface area contributed by atoms with Crippen molar-refractivity contribution >= 4 is 29.0 Å². The van der Waals surface area contributed by atoms with Crippen LogP contribution in [-0.4, -0.2) is 10.9 Å². The van der Waals surface area contributed by atoms with E-state index in [1.54, 1.807) is 30.3 Å². The van der Waals surface area contributed by atoms with Gasteiger partial charge in [-0.2, -0.15) is 0 Å². The van der Waals surface area contributed by atoms with Gasteiger partial charge in [0, 0.05) is 28.1 Å². The van der Waals surface area contributed by atoms with Gasteiger partial charge in [-0.05, 0) is 36.8 Å². The van der Waals surface area contributed by atoms with E-state index in [1.807, 2.05) is 31.2 Å². The monoisotopic (exact) mass is 400 g/mol. The number of aryl methyl sites for hydroxylation is 1. The molecule has 0 spiro atoms. The Kier molecular flexibility index (Phi) is 6.04. The highest BCUT2D eigenvalue weighted by atomic mass is 35.5. The molecular formula is C22H18Cl2O3. The van der Waals surface area contributed by atoms with Crippen molar-refractivity contribution in [2.45, 2.75) is 20.0 Å². The van der Waals surface area contributed by atoms with Crippen LogP contribution in [0.2, 0.25) is 10.0 Å². The van der Waals surface area contributed by atoms with E-state index in [0.29, 0.717) is 15.8 Å². The molecule has 27 heavy (non-hydrogen) atoms. The minimum atomic E-state index is -0.149. The molecule has 0 aliphatic heterocycles. The summed E-state index contributed by atoms with van der Waals surface area (Å²) in [4.78, 5) is 12.5. The molecule has 3 nitrogen and oxygen atoms in total. The maximum absolute atomic E-state index is 12.5. The Hall–Kier alpha value is -2.49. The Morgan fingerprint density at radius 1 is 1.00 bits per heavy atom. The van der Waals surface area contributed by atoms with Crippen molar-refractivity contribution in [3.8, 4) is 11.5 Å². The smallest absolute Gasteiger partial charge is 0.170 e. The molecule has 0 heterocycles. The van der Waals surface area contributed by atoms with E-state index >= 15 is 0 Å². The highest BCUT2D eigenvalue weighted by Gasteiger charge is 2.13. The van der Waals surface area contributed by atoms with Gasteiger partial charge in [0.2, 0.25) is 0 Å². The molecule has 0 aromatic heterocycles. The predicted molar refractivity (Wildman–Crippen MR) is 108 cm³/mol. The van der Waals surface area contributed by atoms with Crippen LogP contribution in [0.15, 0.2) is 60.7 Å². The number of rotatable bonds is 6. The molecule has 0 aliphatic rings. The third kappa shape index (κ3) is 5.03. The summed E-state index contributed by atoms with van der Waals surface area (Å²) in [6.45, 7) is 2.22. The number of Topliss-reactive ketones (excluding diaryl/α,β-unsaturated/α-hetero) is 1. The van der Waals surface area contributed by atoms with Gasteiger partial charge in [-0.25, -0.2) is 0 Å². The first-order valence-electron chi connectivity index (χ1n) is 8.41. The highest BCUT2D eigenvalue weighted by Crippen LogP contribution is 2.27. The normalized spacial score (nSPS) is 10.6. The van der Waals surface area contributed by atoms with Crippen molar-refractivity contribution in [1.29, 1.82) is 0 Å². The lowest BCUT2D eigenvalue weighted by Crippen LogP contribution is -2.04. The Balaban J connectivity index is 1.67. The van der Waals surface area contributed by atoms with Gasteiger partial charge in [0.25, 0.3) is 0 Å². The van der Waals surface area contributed by atoms with Crippen LogP contribution in [0.4, 0.5) is 0 Å². The summed E-state index contributed by atoms with van der Waals surface area (Å²) in [7, 11) is 0. The van der Waals surface area contributed by atoms with Crippen molar-refractivity contribution in [1.82, 2.24) is 0 Å². The van der Waals surface area contributed by atoms with Gasteiger partial charge in [-0.3, -0.25) is 4.79 Å². The van der Waals surface area contributed by atoms with E-state index in [0.717, 1.165) is 16.7 Å². The number of hydrogen-bond donors (Lipinski definition) is 1. The molecule has 0 saturated heterocycles. The van der Waals surface area contributed by atoms with Crippen molar-refractivity contribution in [3.05, 3.63) is 93.0 Å². The van der Waals surface area contributed by atoms with Crippen LogP contribution in [-0.2, 0) is 13.0 Å². The number of aromatic hydroxyl groups is 1. The van der Waals surface area contributed by atoms with Gasteiger partial charge in [0.15, 0.2) is 5.78 Å². The largest absolute Gasteiger partial charge is 0.507 e. The summed E-state index contributed by atoms with van der Waals surface area (Å²) in [6.07, 6.45) is 0.231. The van der Waals surface area contributed by atoms with Crippen molar-refractivity contribution in [3.63, 3.8) is 0 Å². The van der Waals surface area contributed by atoms with Crippen LogP contribution in [0.3, 0.4) is 0 Å². The lowest BCUT2D eigenvalue weighted by atomic mass is 10.0. The lowest BCUT2D eigenvalue weighted by Gasteiger charge is -2.10. The second-order valence-electron chi connectivity index (χ2n) is 6.29. The molecule has 3 rings (SSSR count). The van der Waals surface area contributed by atoms with Crippen molar-refractivity contribution in [2.24, 2.45) is 0 Å². The zero-order chi connectivity index (χ0) is 19.4. The molecule has 0 radical (unpaired) electrons. The van der Waals surface area contributed by atoms with Gasteiger partial charge in [-0.15, -0.1) is 0 Å². The number of hydrogen-bond acceptors (Lipinski definition) is 3. The van der Waals surface area contributed by atoms with Crippen LogP contribution in [0.25, 0.3) is 0 Å². The Bertz CT molecular complexity index is 966. The summed E-state index contributed by atoms with van der Waals surface area (Å²) >= 11 is 12.0. The maximum Gasteiger partial charge on any atom is 0.170 e. The number of benzene rings is 3. The highest BCUT2D eigenvalue weighted by molar-refractivity contribution is 6.35. The number of ether oxygens (including phenoxy) is 1. The van der Waals surface area contributed by atoms with Crippen molar-refractivity contribution < 1.29 is 14.6 Å². The van der Waals surface area contributed by atoms with Crippen LogP contribution in [0.1, 0.15) is 27.0 Å².